The molecule has 236 valence electrons. The first kappa shape index (κ1) is 31.4. The smallest absolute Gasteiger partial charge is 0.336 e. The summed E-state index contributed by atoms with van der Waals surface area (Å²) in [6.07, 6.45) is 3.84. The Morgan fingerprint density at radius 3 is 2.44 bits per heavy atom. The van der Waals surface area contributed by atoms with E-state index >= 15 is 0 Å². The quantitative estimate of drug-likeness (QED) is 0.223. The Balaban J connectivity index is 1.47. The summed E-state index contributed by atoms with van der Waals surface area (Å²) in [5.41, 5.74) is 6.84. The van der Waals surface area contributed by atoms with Gasteiger partial charge in [-0.15, -0.1) is 5.06 Å². The molecule has 45 heavy (non-hydrogen) atoms. The van der Waals surface area contributed by atoms with Crippen molar-refractivity contribution in [1.29, 1.82) is 0 Å². The van der Waals surface area contributed by atoms with Crippen molar-refractivity contribution in [2.45, 2.75) is 59.5 Å². The SMILES string of the molecule is CCNC1=CC2Oc3cc(NCC)c(C)cc3C(c3cc(OCCCC(=O)ON4C(=O)CCC4=O)ccc3C(=O)O)=C2C=C1C. The Hall–Kier alpha value is -5.06. The molecule has 0 saturated carbocycles. The third-order valence-electron chi connectivity index (χ3n) is 7.78. The second kappa shape index (κ2) is 13.3. The average Bonchev–Trinajstić information content (AvgIpc) is 3.31. The highest BCUT2D eigenvalue weighted by molar-refractivity contribution is 6.02. The lowest BCUT2D eigenvalue weighted by Crippen LogP contribution is -2.32. The zero-order valence-corrected chi connectivity index (χ0v) is 25.8. The first-order valence-electron chi connectivity index (χ1n) is 15.1. The predicted octanol–water partition coefficient (Wildman–Crippen LogP) is 4.91. The molecule has 2 heterocycles. The summed E-state index contributed by atoms with van der Waals surface area (Å²) in [4.78, 5) is 53.0. The minimum Gasteiger partial charge on any atom is -0.494 e. The summed E-state index contributed by atoms with van der Waals surface area (Å²) in [5.74, 6) is -1.80. The average molecular weight is 616 g/mol. The van der Waals surface area contributed by atoms with E-state index in [9.17, 15) is 24.3 Å². The number of nitrogens with zero attached hydrogens (tertiary/aromatic N) is 1. The summed E-state index contributed by atoms with van der Waals surface area (Å²) >= 11 is 0. The van der Waals surface area contributed by atoms with Gasteiger partial charge in [-0.2, -0.15) is 0 Å². The molecule has 2 aromatic carbocycles. The molecule has 2 aromatic rings. The number of hydrogen-bond acceptors (Lipinski definition) is 9. The first-order chi connectivity index (χ1) is 21.6. The zero-order chi connectivity index (χ0) is 32.2. The van der Waals surface area contributed by atoms with Crippen molar-refractivity contribution in [3.05, 3.63) is 81.6 Å². The van der Waals surface area contributed by atoms with E-state index in [4.69, 9.17) is 14.3 Å². The molecule has 1 saturated heterocycles. The minimum atomic E-state index is -1.08. The number of hydrogen-bond donors (Lipinski definition) is 3. The minimum absolute atomic E-state index is 0.0260. The zero-order valence-electron chi connectivity index (χ0n) is 25.8. The molecule has 3 aliphatic rings. The second-order valence-electron chi connectivity index (χ2n) is 11.0. The number of amides is 2. The number of likely N-dealkylation sites (N-methyl/N-ethyl adjacent to an activating group) is 1. The molecule has 0 aromatic heterocycles. The highest BCUT2D eigenvalue weighted by atomic mass is 16.7. The maximum atomic E-state index is 12.5. The number of fused-ring (bicyclic) bond motifs is 2. The van der Waals surface area contributed by atoms with E-state index in [1.54, 1.807) is 12.1 Å². The van der Waals surface area contributed by atoms with E-state index in [2.05, 4.69) is 10.6 Å². The number of benzene rings is 2. The lowest BCUT2D eigenvalue weighted by Gasteiger charge is -2.33. The molecule has 1 atom stereocenters. The monoisotopic (exact) mass is 615 g/mol. The van der Waals surface area contributed by atoms with E-state index < -0.39 is 29.9 Å². The standard InChI is InChI=1S/C34H37N3O8/c1-5-35-26-17-28-24(14-19(26)3)33(25-15-20(4)27(36-6-2)18-29(25)44-28)23-16-21(9-10-22(23)34(41)42)43-13-7-8-32(40)45-37-30(38)11-12-31(37)39/h9-10,14-18,28,35-36H,5-8,11-13H2,1-4H3,(H,41,42). The van der Waals surface area contributed by atoms with Crippen LogP contribution >= 0.6 is 0 Å². The van der Waals surface area contributed by atoms with Crippen LogP contribution < -0.4 is 20.1 Å². The van der Waals surface area contributed by atoms with Crippen molar-refractivity contribution in [1.82, 2.24) is 10.4 Å². The van der Waals surface area contributed by atoms with Crippen LogP contribution in [0.3, 0.4) is 0 Å². The van der Waals surface area contributed by atoms with Gasteiger partial charge in [0.15, 0.2) is 0 Å². The van der Waals surface area contributed by atoms with Crippen LogP contribution in [0.15, 0.2) is 59.3 Å². The molecule has 0 radical (unpaired) electrons. The van der Waals surface area contributed by atoms with Gasteiger partial charge in [-0.1, -0.05) is 0 Å². The number of imide groups is 1. The van der Waals surface area contributed by atoms with Crippen LogP contribution in [-0.4, -0.2) is 59.7 Å². The number of carbonyl (C=O) groups is 4. The first-order valence-corrected chi connectivity index (χ1v) is 15.1. The summed E-state index contributed by atoms with van der Waals surface area (Å²) in [5, 5.41) is 17.5. The molecule has 1 fully saturated rings. The fraction of sp³-hybridized carbons (Fsp3) is 0.353. The Kier molecular flexibility index (Phi) is 9.26. The molecule has 11 nitrogen and oxygen atoms in total. The summed E-state index contributed by atoms with van der Waals surface area (Å²) < 4.78 is 12.5. The Labute approximate surface area is 261 Å². The predicted molar refractivity (Wildman–Crippen MR) is 167 cm³/mol. The molecule has 0 spiro atoms. The third kappa shape index (κ3) is 6.57. The normalized spacial score (nSPS) is 17.2. The van der Waals surface area contributed by atoms with Crippen LogP contribution in [-0.2, 0) is 19.2 Å². The van der Waals surface area contributed by atoms with Crippen molar-refractivity contribution in [2.75, 3.05) is 25.0 Å². The molecule has 3 N–H and O–H groups in total. The van der Waals surface area contributed by atoms with Crippen LogP contribution in [0.25, 0.3) is 5.57 Å². The van der Waals surface area contributed by atoms with Crippen molar-refractivity contribution in [2.24, 2.45) is 0 Å². The number of hydroxylamine groups is 2. The molecule has 1 unspecified atom stereocenters. The number of allylic oxidation sites excluding steroid dienone is 1. The number of aryl methyl sites for hydroxylation is 1. The maximum absolute atomic E-state index is 12.5. The Morgan fingerprint density at radius 1 is 1.02 bits per heavy atom. The molecular formula is C34H37N3O8. The number of carbonyl (C=O) groups excluding carboxylic acids is 3. The van der Waals surface area contributed by atoms with Gasteiger partial charge < -0.3 is 30.1 Å². The van der Waals surface area contributed by atoms with Gasteiger partial charge in [-0.25, -0.2) is 9.59 Å². The molecule has 2 aliphatic heterocycles. The number of aromatic carboxylic acids is 1. The number of carboxylic acids is 1. The molecule has 2 amide bonds. The molecule has 11 heteroatoms. The topological polar surface area (TPSA) is 143 Å². The Morgan fingerprint density at radius 2 is 1.76 bits per heavy atom. The Bertz CT molecular complexity index is 1640. The van der Waals surface area contributed by atoms with Gasteiger partial charge >= 0.3 is 11.9 Å². The third-order valence-corrected chi connectivity index (χ3v) is 7.78. The summed E-state index contributed by atoms with van der Waals surface area (Å²) in [6.45, 7) is 9.64. The van der Waals surface area contributed by atoms with Crippen LogP contribution in [0, 0.1) is 6.92 Å². The van der Waals surface area contributed by atoms with Crippen molar-refractivity contribution in [3.63, 3.8) is 0 Å². The van der Waals surface area contributed by atoms with Crippen LogP contribution in [0.4, 0.5) is 5.69 Å². The van der Waals surface area contributed by atoms with Gasteiger partial charge in [-0.05, 0) is 81.7 Å². The fourth-order valence-electron chi connectivity index (χ4n) is 5.64. The van der Waals surface area contributed by atoms with E-state index in [1.165, 1.54) is 6.07 Å². The van der Waals surface area contributed by atoms with Crippen molar-refractivity contribution >= 4 is 35.0 Å². The number of carboxylic acid groups (broad SMARTS) is 1. The maximum Gasteiger partial charge on any atom is 0.336 e. The van der Waals surface area contributed by atoms with Gasteiger partial charge in [0.2, 0.25) is 0 Å². The largest absolute Gasteiger partial charge is 0.494 e. The second-order valence-corrected chi connectivity index (χ2v) is 11.0. The lowest BCUT2D eigenvalue weighted by molar-refractivity contribution is -0.197. The van der Waals surface area contributed by atoms with Crippen LogP contribution in [0.2, 0.25) is 0 Å². The molecular weight excluding hydrogens is 578 g/mol. The number of ether oxygens (including phenoxy) is 2. The van der Waals surface area contributed by atoms with Crippen molar-refractivity contribution < 1.29 is 38.6 Å². The number of rotatable bonds is 12. The highest BCUT2D eigenvalue weighted by Crippen LogP contribution is 2.46. The van der Waals surface area contributed by atoms with Gasteiger partial charge in [0.05, 0.1) is 18.6 Å². The van der Waals surface area contributed by atoms with E-state index in [1.807, 2.05) is 52.0 Å². The summed E-state index contributed by atoms with van der Waals surface area (Å²) in [7, 11) is 0. The van der Waals surface area contributed by atoms with Crippen LogP contribution in [0.5, 0.6) is 11.5 Å². The fourth-order valence-corrected chi connectivity index (χ4v) is 5.64. The molecule has 1 aliphatic carbocycles. The highest BCUT2D eigenvalue weighted by Gasteiger charge is 2.34. The van der Waals surface area contributed by atoms with E-state index in [0.29, 0.717) is 22.1 Å². The van der Waals surface area contributed by atoms with Gasteiger partial charge in [0, 0.05) is 65.7 Å². The van der Waals surface area contributed by atoms with Gasteiger partial charge in [0.1, 0.15) is 17.6 Å². The lowest BCUT2D eigenvalue weighted by atomic mass is 9.82. The van der Waals surface area contributed by atoms with E-state index in [-0.39, 0.29) is 37.9 Å². The number of nitrogens with one attached hydrogen (secondary N) is 2. The van der Waals surface area contributed by atoms with Gasteiger partial charge in [0.25, 0.3) is 11.8 Å². The number of anilines is 1. The summed E-state index contributed by atoms with van der Waals surface area (Å²) in [6, 6.07) is 8.78. The van der Waals surface area contributed by atoms with E-state index in [0.717, 1.165) is 52.3 Å². The molecule has 5 rings (SSSR count). The molecule has 0 bridgehead atoms. The van der Waals surface area contributed by atoms with Crippen LogP contribution in [0.1, 0.15) is 73.5 Å². The van der Waals surface area contributed by atoms with Crippen molar-refractivity contribution in [3.8, 4) is 11.5 Å². The van der Waals surface area contributed by atoms with Gasteiger partial charge in [-0.3, -0.25) is 9.59 Å².